The maximum Gasteiger partial charge on any atom is 0.340 e. The van der Waals surface area contributed by atoms with Crippen LogP contribution < -0.4 is 10.4 Å². The van der Waals surface area contributed by atoms with Gasteiger partial charge in [0.05, 0.1) is 25.4 Å². The summed E-state index contributed by atoms with van der Waals surface area (Å²) in [5.74, 6) is -0.446. The quantitative estimate of drug-likeness (QED) is 0.0732. The molecule has 2 bridgehead atoms. The fourth-order valence-electron chi connectivity index (χ4n) is 16.7. The minimum absolute atomic E-state index is 0.0377. The average molecular weight is 1070 g/mol. The van der Waals surface area contributed by atoms with Gasteiger partial charge in [0.25, 0.3) is 0 Å². The van der Waals surface area contributed by atoms with Crippen LogP contribution in [0.25, 0.3) is 17.0 Å². The number of benzene rings is 4. The Bertz CT molecular complexity index is 3200. The molecule has 3 aliphatic heterocycles. The van der Waals surface area contributed by atoms with Crippen LogP contribution in [-0.4, -0.2) is 65.9 Å². The Morgan fingerprint density at radius 3 is 2.44 bits per heavy atom. The largest absolute Gasteiger partial charge is 0.482 e. The van der Waals surface area contributed by atoms with Crippen molar-refractivity contribution in [1.82, 2.24) is 0 Å². The van der Waals surface area contributed by atoms with Crippen molar-refractivity contribution in [2.75, 3.05) is 26.9 Å². The van der Waals surface area contributed by atoms with Gasteiger partial charge < -0.3 is 38.7 Å². The predicted molar refractivity (Wildman–Crippen MR) is 303 cm³/mol. The normalized spacial score (nSPS) is 30.6. The highest BCUT2D eigenvalue weighted by Gasteiger charge is 2.62. The van der Waals surface area contributed by atoms with Crippen molar-refractivity contribution in [2.45, 2.75) is 170 Å². The number of methoxy groups -OCH3 is 1. The number of aryl methyl sites for hydroxylation is 1. The molecular formula is C68H78O11. The topological polar surface area (TPSA) is 162 Å². The van der Waals surface area contributed by atoms with Gasteiger partial charge >= 0.3 is 17.6 Å². The van der Waals surface area contributed by atoms with Gasteiger partial charge in [0.2, 0.25) is 0 Å². The Labute approximate surface area is 464 Å². The van der Waals surface area contributed by atoms with E-state index in [1.54, 1.807) is 13.0 Å². The lowest BCUT2D eigenvalue weighted by atomic mass is 9.56. The van der Waals surface area contributed by atoms with Crippen molar-refractivity contribution in [2.24, 2.45) is 23.7 Å². The molecule has 3 N–H and O–H groups in total. The van der Waals surface area contributed by atoms with Crippen LogP contribution in [0.5, 0.6) is 5.75 Å². The SMILES string of the molecule is COC[C@@H](CCO)c1c(CO)c2ccc3c(c2oc1=O)[C@H]1OC(=O)C[C@@H]2C[C@H](c4cccc([C@]56CCCC[C@@H]5C=Cc5ccccc56)c4)CC[C@H]2c2ccc(cc2)CC/C(=C(\C)CO)C(=O)O[C@@H]1[C@@]1(CCC[C@H]2CCCC[C@H]21)O3. The smallest absolute Gasteiger partial charge is 0.340 e. The van der Waals surface area contributed by atoms with Crippen LogP contribution in [0.4, 0.5) is 0 Å². The van der Waals surface area contributed by atoms with Gasteiger partial charge in [-0.25, -0.2) is 9.59 Å². The van der Waals surface area contributed by atoms with Crippen molar-refractivity contribution < 1.29 is 48.3 Å². The van der Waals surface area contributed by atoms with Gasteiger partial charge in [0.15, 0.2) is 17.8 Å². The Morgan fingerprint density at radius 1 is 0.797 bits per heavy atom. The molecule has 11 heteroatoms. The summed E-state index contributed by atoms with van der Waals surface area (Å²) in [6, 6.07) is 30.6. The maximum atomic E-state index is 15.7. The molecule has 4 heterocycles. The monoisotopic (exact) mass is 1070 g/mol. The second-order valence-corrected chi connectivity index (χ2v) is 24.4. The molecule has 4 fully saturated rings. The molecule has 13 rings (SSSR count). The second kappa shape index (κ2) is 22.6. The van der Waals surface area contributed by atoms with E-state index in [2.05, 4.69) is 84.9 Å². The molecule has 0 unspecified atom stereocenters. The summed E-state index contributed by atoms with van der Waals surface area (Å²) in [4.78, 5) is 45.5. The first kappa shape index (κ1) is 53.8. The summed E-state index contributed by atoms with van der Waals surface area (Å²) in [6.07, 6.45) is 17.0. The molecule has 79 heavy (non-hydrogen) atoms. The van der Waals surface area contributed by atoms with Gasteiger partial charge in [-0.05, 0) is 170 Å². The number of aliphatic hydroxyl groups is 3. The van der Waals surface area contributed by atoms with E-state index in [4.69, 9.17) is 23.4 Å². The van der Waals surface area contributed by atoms with Crippen LogP contribution in [-0.2, 0) is 42.2 Å². The Morgan fingerprint density at radius 2 is 1.62 bits per heavy atom. The van der Waals surface area contributed by atoms with Crippen LogP contribution in [0.1, 0.15) is 190 Å². The second-order valence-electron chi connectivity index (χ2n) is 24.4. The van der Waals surface area contributed by atoms with Crippen LogP contribution >= 0.6 is 0 Å². The molecule has 416 valence electrons. The molecule has 4 aromatic carbocycles. The number of allylic oxidation sites excluding steroid dienone is 1. The molecular weight excluding hydrogens is 993 g/mol. The minimum Gasteiger partial charge on any atom is -0.482 e. The lowest BCUT2D eigenvalue weighted by Gasteiger charge is -2.56. The molecule has 1 aromatic heterocycles. The molecule has 0 amide bonds. The van der Waals surface area contributed by atoms with E-state index >= 15 is 9.59 Å². The van der Waals surface area contributed by atoms with Crippen LogP contribution in [0.15, 0.2) is 111 Å². The molecule has 11 nitrogen and oxygen atoms in total. The first-order valence-electron chi connectivity index (χ1n) is 29.8. The van der Waals surface area contributed by atoms with Gasteiger partial charge in [-0.15, -0.1) is 0 Å². The van der Waals surface area contributed by atoms with Gasteiger partial charge in [-0.1, -0.05) is 117 Å². The van der Waals surface area contributed by atoms with Crippen molar-refractivity contribution >= 4 is 29.0 Å². The predicted octanol–water partition coefficient (Wildman–Crippen LogP) is 12.5. The van der Waals surface area contributed by atoms with Crippen LogP contribution in [0.3, 0.4) is 0 Å². The van der Waals surface area contributed by atoms with E-state index in [1.165, 1.54) is 47.8 Å². The molecule has 0 saturated heterocycles. The van der Waals surface area contributed by atoms with Gasteiger partial charge in [0.1, 0.15) is 11.3 Å². The summed E-state index contributed by atoms with van der Waals surface area (Å²) in [7, 11) is 1.52. The number of fused-ring (bicyclic) bond motifs is 16. The summed E-state index contributed by atoms with van der Waals surface area (Å²) >= 11 is 0. The fraction of sp³-hybridized carbons (Fsp3) is 0.515. The van der Waals surface area contributed by atoms with Gasteiger partial charge in [-0.2, -0.15) is 0 Å². The minimum atomic E-state index is -1.27. The summed E-state index contributed by atoms with van der Waals surface area (Å²) in [5, 5.41) is 32.4. The highest BCUT2D eigenvalue weighted by Crippen LogP contribution is 2.59. The molecule has 5 aromatic rings. The van der Waals surface area contributed by atoms with Gasteiger partial charge in [0, 0.05) is 53.9 Å². The highest BCUT2D eigenvalue weighted by molar-refractivity contribution is 5.90. The molecule has 4 saturated carbocycles. The van der Waals surface area contributed by atoms with E-state index < -0.39 is 47.9 Å². The molecule has 1 spiro atoms. The summed E-state index contributed by atoms with van der Waals surface area (Å²) in [6.45, 7) is 0.782. The Kier molecular flexibility index (Phi) is 15.4. The number of ether oxygens (including phenoxy) is 4. The zero-order valence-electron chi connectivity index (χ0n) is 46.1. The van der Waals surface area contributed by atoms with Crippen molar-refractivity contribution in [3.63, 3.8) is 0 Å². The Hall–Kier alpha value is -5.85. The number of hydrogen-bond acceptors (Lipinski definition) is 11. The average Bonchev–Trinajstić information content (AvgIpc) is 3.51. The van der Waals surface area contributed by atoms with Crippen molar-refractivity contribution in [3.05, 3.63) is 163 Å². The highest BCUT2D eigenvalue weighted by atomic mass is 16.6. The third-order valence-corrected chi connectivity index (χ3v) is 20.4. The summed E-state index contributed by atoms with van der Waals surface area (Å²) in [5.41, 5.74) is 7.47. The first-order chi connectivity index (χ1) is 38.6. The number of esters is 2. The zero-order chi connectivity index (χ0) is 54.4. The van der Waals surface area contributed by atoms with Crippen molar-refractivity contribution in [1.29, 1.82) is 0 Å². The van der Waals surface area contributed by atoms with E-state index in [9.17, 15) is 20.1 Å². The van der Waals surface area contributed by atoms with Crippen LogP contribution in [0, 0.1) is 23.7 Å². The number of carbonyl (C=O) groups is 2. The van der Waals surface area contributed by atoms with E-state index in [-0.39, 0.29) is 84.4 Å². The summed E-state index contributed by atoms with van der Waals surface area (Å²) < 4.78 is 33.5. The third-order valence-electron chi connectivity index (χ3n) is 20.4. The fourth-order valence-corrected chi connectivity index (χ4v) is 16.7. The zero-order valence-corrected chi connectivity index (χ0v) is 46.1. The maximum absolute atomic E-state index is 15.7. The van der Waals surface area contributed by atoms with Crippen molar-refractivity contribution in [3.8, 4) is 5.75 Å². The lowest BCUT2D eigenvalue weighted by molar-refractivity contribution is -0.217. The van der Waals surface area contributed by atoms with Gasteiger partial charge in [-0.3, -0.25) is 4.79 Å². The lowest BCUT2D eigenvalue weighted by Crippen LogP contribution is -2.63. The third kappa shape index (κ3) is 9.62. The van der Waals surface area contributed by atoms with E-state index in [1.807, 2.05) is 6.07 Å². The number of carbonyl (C=O) groups excluding carboxylic acids is 2. The number of hydrogen-bond donors (Lipinski definition) is 3. The van der Waals surface area contributed by atoms with E-state index in [0.717, 1.165) is 76.2 Å². The van der Waals surface area contributed by atoms with E-state index in [0.29, 0.717) is 53.0 Å². The first-order valence-corrected chi connectivity index (χ1v) is 29.8. The molecule has 8 aliphatic rings. The number of rotatable bonds is 9. The van der Waals surface area contributed by atoms with Crippen LogP contribution in [0.2, 0.25) is 0 Å². The molecule has 5 aliphatic carbocycles. The standard InChI is InChI=1S/C68H78O11/c1-41(38-70)52-27-21-42-19-22-43(23-20-42)53-28-25-47(46-13-9-16-51(36-46)67-32-8-7-15-50(67)26-24-45-12-3-5-17-56(45)67)35-49(53)37-59(72)76-63-61-58(79-68(64(63)78-65(52)73)33-10-14-44-11-4-6-18-57(44)68)30-29-54-55(39-71)60(66(74)77-62(54)61)48(31-34-69)40-75-2/h3,5,9,12-13,16-17,19-20,22-24,26,29-30,36,44,47-50,53,57,63-64,69-71H,4,6-8,10-11,14-15,18,21,25,27-28,31-35,37-40H2,1-2H3/b52-41-/t44-,47-,48-,49+,50-,53+,57-,63-,64+,67+,68+/m1/s1. The molecule has 0 radical (unpaired) electrons. The molecule has 11 atom stereocenters. The Balaban J connectivity index is 0.987. The number of aliphatic hydroxyl groups excluding tert-OH is 3.